The molecule has 0 aliphatic carbocycles. The van der Waals surface area contributed by atoms with Crippen LogP contribution in [0.3, 0.4) is 0 Å². The molecule has 0 radical (unpaired) electrons. The summed E-state index contributed by atoms with van der Waals surface area (Å²) in [6, 6.07) is 19.9. The number of nitrogens with one attached hydrogen (secondary N) is 2. The number of hydrogen-bond acceptors (Lipinski definition) is 3. The van der Waals surface area contributed by atoms with Gasteiger partial charge in [-0.25, -0.2) is 4.98 Å². The third kappa shape index (κ3) is 4.30. The fourth-order valence-corrected chi connectivity index (χ4v) is 2.75. The van der Waals surface area contributed by atoms with Gasteiger partial charge in [0.1, 0.15) is 5.69 Å². The molecule has 0 aliphatic heterocycles. The molecule has 1 amide bonds. The van der Waals surface area contributed by atoms with Crippen molar-refractivity contribution in [1.82, 2.24) is 14.9 Å². The van der Waals surface area contributed by atoms with E-state index in [4.69, 9.17) is 0 Å². The molecule has 0 aliphatic rings. The molecule has 1 atom stereocenters. The van der Waals surface area contributed by atoms with Gasteiger partial charge in [-0.3, -0.25) is 9.36 Å². The predicted octanol–water partition coefficient (Wildman–Crippen LogP) is 3.74. The predicted molar refractivity (Wildman–Crippen MR) is 105 cm³/mol. The van der Waals surface area contributed by atoms with E-state index in [1.165, 1.54) is 0 Å². The molecule has 1 aromatic heterocycles. The summed E-state index contributed by atoms with van der Waals surface area (Å²) < 4.78 is 1.80. The Hall–Kier alpha value is -3.08. The first-order chi connectivity index (χ1) is 12.6. The summed E-state index contributed by atoms with van der Waals surface area (Å²) in [4.78, 5) is 16.8. The fraction of sp³-hybridized carbons (Fsp3) is 0.238. The van der Waals surface area contributed by atoms with Crippen molar-refractivity contribution in [2.45, 2.75) is 19.9 Å². The molecule has 1 unspecified atom stereocenters. The Morgan fingerprint density at radius 1 is 1.04 bits per heavy atom. The zero-order chi connectivity index (χ0) is 18.4. The molecule has 1 heterocycles. The van der Waals surface area contributed by atoms with Crippen LogP contribution < -0.4 is 10.6 Å². The molecule has 3 aromatic rings. The molecule has 3 rings (SSSR count). The van der Waals surface area contributed by atoms with Crippen LogP contribution in [0, 0.1) is 5.92 Å². The van der Waals surface area contributed by atoms with E-state index in [0.29, 0.717) is 18.2 Å². The highest BCUT2D eigenvalue weighted by Crippen LogP contribution is 2.13. The second kappa shape index (κ2) is 8.34. The molecule has 2 N–H and O–H groups in total. The molecule has 0 saturated carbocycles. The molecule has 0 spiro atoms. The van der Waals surface area contributed by atoms with Crippen molar-refractivity contribution < 1.29 is 4.79 Å². The Bertz CT molecular complexity index is 827. The Morgan fingerprint density at radius 2 is 1.69 bits per heavy atom. The SMILES string of the molecule is CC(C)C(CNC(=O)c1cncn1-c1ccccc1)Nc1ccccc1. The van der Waals surface area contributed by atoms with Crippen molar-refractivity contribution in [1.29, 1.82) is 0 Å². The van der Waals surface area contributed by atoms with Gasteiger partial charge in [0.2, 0.25) is 0 Å². The van der Waals surface area contributed by atoms with E-state index in [-0.39, 0.29) is 11.9 Å². The number of aromatic nitrogens is 2. The Labute approximate surface area is 154 Å². The van der Waals surface area contributed by atoms with Gasteiger partial charge in [0.05, 0.1) is 12.5 Å². The second-order valence-electron chi connectivity index (χ2n) is 6.56. The lowest BCUT2D eigenvalue weighted by Crippen LogP contribution is -2.40. The minimum Gasteiger partial charge on any atom is -0.380 e. The molecule has 5 nitrogen and oxygen atoms in total. The van der Waals surface area contributed by atoms with E-state index in [1.54, 1.807) is 17.1 Å². The molecular weight excluding hydrogens is 324 g/mol. The number of hydrogen-bond donors (Lipinski definition) is 2. The number of rotatable bonds is 7. The lowest BCUT2D eigenvalue weighted by Gasteiger charge is -2.24. The van der Waals surface area contributed by atoms with Crippen molar-refractivity contribution in [2.24, 2.45) is 5.92 Å². The standard InChI is InChI=1S/C21H24N4O/c1-16(2)19(24-17-9-5-3-6-10-17)13-23-21(26)20-14-22-15-25(20)18-11-7-4-8-12-18/h3-12,14-16,19,24H,13H2,1-2H3,(H,23,26). The smallest absolute Gasteiger partial charge is 0.269 e. The first-order valence-corrected chi connectivity index (χ1v) is 8.82. The monoisotopic (exact) mass is 348 g/mol. The van der Waals surface area contributed by atoms with E-state index < -0.39 is 0 Å². The quantitative estimate of drug-likeness (QED) is 0.684. The van der Waals surface area contributed by atoms with Crippen LogP contribution in [0.2, 0.25) is 0 Å². The summed E-state index contributed by atoms with van der Waals surface area (Å²) in [6.45, 7) is 4.81. The van der Waals surface area contributed by atoms with Crippen LogP contribution >= 0.6 is 0 Å². The number of benzene rings is 2. The highest BCUT2D eigenvalue weighted by molar-refractivity contribution is 5.93. The topological polar surface area (TPSA) is 59.0 Å². The maximum absolute atomic E-state index is 12.7. The number of carbonyl (C=O) groups excluding carboxylic acids is 1. The van der Waals surface area contributed by atoms with E-state index >= 15 is 0 Å². The highest BCUT2D eigenvalue weighted by Gasteiger charge is 2.17. The third-order valence-corrected chi connectivity index (χ3v) is 4.32. The Balaban J connectivity index is 1.67. The van der Waals surface area contributed by atoms with E-state index in [1.807, 2.05) is 60.7 Å². The van der Waals surface area contributed by atoms with Gasteiger partial charge in [-0.15, -0.1) is 0 Å². The van der Waals surface area contributed by atoms with E-state index in [0.717, 1.165) is 11.4 Å². The molecule has 134 valence electrons. The van der Waals surface area contributed by atoms with Crippen LogP contribution in [0.25, 0.3) is 5.69 Å². The molecule has 0 bridgehead atoms. The van der Waals surface area contributed by atoms with Gasteiger partial charge < -0.3 is 10.6 Å². The second-order valence-corrected chi connectivity index (χ2v) is 6.56. The lowest BCUT2D eigenvalue weighted by atomic mass is 10.0. The summed E-state index contributed by atoms with van der Waals surface area (Å²) in [5.74, 6) is 0.237. The van der Waals surface area contributed by atoms with E-state index in [2.05, 4.69) is 29.5 Å². The summed E-state index contributed by atoms with van der Waals surface area (Å²) in [5.41, 5.74) is 2.49. The lowest BCUT2D eigenvalue weighted by molar-refractivity contribution is 0.0943. The van der Waals surface area contributed by atoms with Crippen LogP contribution in [0.4, 0.5) is 5.69 Å². The van der Waals surface area contributed by atoms with Gasteiger partial charge in [-0.2, -0.15) is 0 Å². The number of amides is 1. The summed E-state index contributed by atoms with van der Waals surface area (Å²) in [7, 11) is 0. The Kier molecular flexibility index (Phi) is 5.69. The van der Waals surface area contributed by atoms with Crippen molar-refractivity contribution >= 4 is 11.6 Å². The molecular formula is C21H24N4O. The molecule has 0 saturated heterocycles. The first kappa shape index (κ1) is 17.7. The number of anilines is 1. The van der Waals surface area contributed by atoms with Gasteiger partial charge in [0.25, 0.3) is 5.91 Å². The van der Waals surface area contributed by atoms with Gasteiger partial charge in [-0.1, -0.05) is 50.2 Å². The zero-order valence-electron chi connectivity index (χ0n) is 15.1. The number of imidazole rings is 1. The van der Waals surface area contributed by atoms with Crippen molar-refractivity contribution in [2.75, 3.05) is 11.9 Å². The average Bonchev–Trinajstić information content (AvgIpc) is 3.16. The van der Waals surface area contributed by atoms with Crippen LogP contribution in [-0.2, 0) is 0 Å². The fourth-order valence-electron chi connectivity index (χ4n) is 2.75. The minimum atomic E-state index is -0.133. The van der Waals surface area contributed by atoms with Crippen LogP contribution in [0.5, 0.6) is 0 Å². The first-order valence-electron chi connectivity index (χ1n) is 8.82. The Morgan fingerprint density at radius 3 is 2.35 bits per heavy atom. The molecule has 0 fully saturated rings. The summed E-state index contributed by atoms with van der Waals surface area (Å²) in [6.07, 6.45) is 3.25. The average molecular weight is 348 g/mol. The van der Waals surface area contributed by atoms with Gasteiger partial charge in [0.15, 0.2) is 0 Å². The normalized spacial score (nSPS) is 12.0. The van der Waals surface area contributed by atoms with Crippen LogP contribution in [-0.4, -0.2) is 28.0 Å². The van der Waals surface area contributed by atoms with Crippen molar-refractivity contribution in [3.05, 3.63) is 78.9 Å². The van der Waals surface area contributed by atoms with Gasteiger partial charge in [-0.05, 0) is 30.2 Å². The number of nitrogens with zero attached hydrogens (tertiary/aromatic N) is 2. The largest absolute Gasteiger partial charge is 0.380 e. The maximum Gasteiger partial charge on any atom is 0.269 e. The molecule has 2 aromatic carbocycles. The van der Waals surface area contributed by atoms with Crippen molar-refractivity contribution in [3.63, 3.8) is 0 Å². The highest BCUT2D eigenvalue weighted by atomic mass is 16.2. The maximum atomic E-state index is 12.7. The van der Waals surface area contributed by atoms with Crippen LogP contribution in [0.15, 0.2) is 73.2 Å². The van der Waals surface area contributed by atoms with E-state index in [9.17, 15) is 4.79 Å². The van der Waals surface area contributed by atoms with Crippen LogP contribution in [0.1, 0.15) is 24.3 Å². The molecule has 5 heteroatoms. The van der Waals surface area contributed by atoms with Crippen molar-refractivity contribution in [3.8, 4) is 5.69 Å². The summed E-state index contributed by atoms with van der Waals surface area (Å²) in [5, 5.41) is 6.52. The molecule has 26 heavy (non-hydrogen) atoms. The number of para-hydroxylation sites is 2. The number of carbonyl (C=O) groups is 1. The summed E-state index contributed by atoms with van der Waals surface area (Å²) >= 11 is 0. The van der Waals surface area contributed by atoms with Gasteiger partial charge >= 0.3 is 0 Å². The zero-order valence-corrected chi connectivity index (χ0v) is 15.1. The third-order valence-electron chi connectivity index (χ3n) is 4.32. The minimum absolute atomic E-state index is 0.133. The van der Waals surface area contributed by atoms with Gasteiger partial charge in [0, 0.05) is 24.0 Å².